The third-order valence-electron chi connectivity index (χ3n) is 2.72. The monoisotopic (exact) mass is 273 g/mol. The van der Waals surface area contributed by atoms with Crippen molar-refractivity contribution in [2.45, 2.75) is 32.2 Å². The molecule has 0 aromatic heterocycles. The molecule has 0 saturated carbocycles. The summed E-state index contributed by atoms with van der Waals surface area (Å²) in [4.78, 5) is 19.8. The van der Waals surface area contributed by atoms with Crippen molar-refractivity contribution in [2.24, 2.45) is 4.99 Å². The van der Waals surface area contributed by atoms with Crippen molar-refractivity contribution in [1.82, 2.24) is 5.32 Å². The Morgan fingerprint density at radius 2 is 2.50 bits per heavy atom. The molecule has 102 valence electrons. The highest BCUT2D eigenvalue weighted by Gasteiger charge is 2.11. The van der Waals surface area contributed by atoms with Gasteiger partial charge in [-0.05, 0) is 32.6 Å². The number of hydrogen-bond donors (Lipinski definition) is 1. The molecular weight excluding hydrogens is 254 g/mol. The highest BCUT2D eigenvalue weighted by atomic mass is 32.2. The van der Waals surface area contributed by atoms with Crippen LogP contribution in [0.3, 0.4) is 0 Å². The predicted octanol–water partition coefficient (Wildman–Crippen LogP) is 2.00. The van der Waals surface area contributed by atoms with Crippen molar-refractivity contribution in [3.63, 3.8) is 0 Å². The van der Waals surface area contributed by atoms with E-state index in [1.54, 1.807) is 11.8 Å². The minimum absolute atomic E-state index is 0.0811. The molecule has 1 N–H and O–H groups in total. The zero-order valence-electron chi connectivity index (χ0n) is 10.7. The summed E-state index contributed by atoms with van der Waals surface area (Å²) in [6.45, 7) is 3.05. The van der Waals surface area contributed by atoms with E-state index < -0.39 is 5.09 Å². The average Bonchev–Trinajstić information content (AvgIpc) is 2.84. The first kappa shape index (κ1) is 15.0. The molecule has 1 aliphatic rings. The Balaban J connectivity index is 2.47. The molecule has 0 radical (unpaired) electrons. The number of thioether (sulfide) groups is 1. The largest absolute Gasteiger partial charge is 0.314 e. The molecule has 7 heteroatoms. The van der Waals surface area contributed by atoms with Gasteiger partial charge in [-0.25, -0.2) is 0 Å². The van der Waals surface area contributed by atoms with Crippen molar-refractivity contribution in [3.8, 4) is 0 Å². The van der Waals surface area contributed by atoms with Gasteiger partial charge in [0.05, 0.1) is 0 Å². The summed E-state index contributed by atoms with van der Waals surface area (Å²) in [5, 5.41) is 12.6. The molecule has 1 aliphatic heterocycles. The summed E-state index contributed by atoms with van der Waals surface area (Å²) < 4.78 is 0. The molecule has 1 atom stereocenters. The maximum Gasteiger partial charge on any atom is 0.294 e. The molecule has 0 bridgehead atoms. The van der Waals surface area contributed by atoms with E-state index in [1.807, 2.05) is 19.4 Å². The smallest absolute Gasteiger partial charge is 0.294 e. The topological polar surface area (TPSA) is 76.8 Å². The molecule has 1 heterocycles. The Labute approximate surface area is 111 Å². The van der Waals surface area contributed by atoms with Crippen LogP contribution in [0.2, 0.25) is 0 Å². The van der Waals surface area contributed by atoms with Crippen LogP contribution in [0.4, 0.5) is 0 Å². The van der Waals surface area contributed by atoms with Gasteiger partial charge in [0, 0.05) is 29.3 Å². The van der Waals surface area contributed by atoms with Crippen LogP contribution in [0.25, 0.3) is 0 Å². The molecule has 1 saturated heterocycles. The highest BCUT2D eigenvalue weighted by Crippen LogP contribution is 2.21. The van der Waals surface area contributed by atoms with Crippen molar-refractivity contribution >= 4 is 18.0 Å². The van der Waals surface area contributed by atoms with Crippen LogP contribution in [0, 0.1) is 10.1 Å². The first-order chi connectivity index (χ1) is 8.63. The number of allylic oxidation sites excluding steroid dienone is 1. The lowest BCUT2D eigenvalue weighted by atomic mass is 10.2. The van der Waals surface area contributed by atoms with E-state index in [0.29, 0.717) is 12.5 Å². The summed E-state index contributed by atoms with van der Waals surface area (Å²) in [6, 6.07) is 0.359. The van der Waals surface area contributed by atoms with E-state index in [0.717, 1.165) is 23.6 Å². The van der Waals surface area contributed by atoms with Gasteiger partial charge in [0.25, 0.3) is 5.09 Å². The summed E-state index contributed by atoms with van der Waals surface area (Å²) >= 11 is 1.56. The van der Waals surface area contributed by atoms with Crippen LogP contribution in [-0.4, -0.2) is 36.8 Å². The van der Waals surface area contributed by atoms with Crippen molar-refractivity contribution in [3.05, 3.63) is 20.7 Å². The molecule has 0 aromatic carbocycles. The van der Waals surface area contributed by atoms with Gasteiger partial charge in [-0.3, -0.25) is 4.99 Å². The van der Waals surface area contributed by atoms with Crippen LogP contribution >= 0.6 is 11.8 Å². The normalized spacial score (nSPS) is 21.1. The van der Waals surface area contributed by atoms with Crippen LogP contribution in [0.1, 0.15) is 26.2 Å². The number of nitrogens with zero attached hydrogens (tertiary/aromatic N) is 2. The summed E-state index contributed by atoms with van der Waals surface area (Å²) in [6.07, 6.45) is 6.69. The number of aliphatic imine (C=N–C) groups is 1. The third-order valence-corrected chi connectivity index (χ3v) is 3.71. The molecule has 0 aliphatic carbocycles. The van der Waals surface area contributed by atoms with Gasteiger partial charge < -0.3 is 10.2 Å². The van der Waals surface area contributed by atoms with Crippen molar-refractivity contribution in [1.29, 1.82) is 0 Å². The van der Waals surface area contributed by atoms with Gasteiger partial charge in [-0.2, -0.15) is 0 Å². The van der Waals surface area contributed by atoms with Gasteiger partial charge >= 0.3 is 0 Å². The maximum absolute atomic E-state index is 10.1. The fourth-order valence-electron chi connectivity index (χ4n) is 1.76. The Morgan fingerprint density at radius 3 is 3.06 bits per heavy atom. The number of nitrogens with one attached hydrogen (secondary N) is 1. The quantitative estimate of drug-likeness (QED) is 0.436. The Kier molecular flexibility index (Phi) is 6.74. The minimum Gasteiger partial charge on any atom is -0.314 e. The molecule has 0 unspecified atom stereocenters. The fourth-order valence-corrected chi connectivity index (χ4v) is 2.39. The van der Waals surface area contributed by atoms with Gasteiger partial charge in [-0.15, -0.1) is 21.9 Å². The number of rotatable bonds is 7. The SMILES string of the molecule is CS/C(CCO[N+](=O)[O-])=C(/C)N=C[C@@H]1CCCN1. The molecule has 0 amide bonds. The number of hydrogen-bond acceptors (Lipinski definition) is 6. The zero-order chi connectivity index (χ0) is 13.4. The Bertz CT molecular complexity index is 338. The standard InChI is InChI=1S/C11H19N3O3S/c1-9(13-8-10-4-3-6-12-10)11(18-2)5-7-17-14(15)16/h8,10,12H,3-7H2,1-2H3/b11-9-,13-8?/t10-/m0/s1. The van der Waals surface area contributed by atoms with Crippen LogP contribution in [0.5, 0.6) is 0 Å². The van der Waals surface area contributed by atoms with E-state index in [4.69, 9.17) is 0 Å². The lowest BCUT2D eigenvalue weighted by molar-refractivity contribution is -0.757. The van der Waals surface area contributed by atoms with Gasteiger partial charge in [0.1, 0.15) is 6.61 Å². The maximum atomic E-state index is 10.1. The molecule has 18 heavy (non-hydrogen) atoms. The van der Waals surface area contributed by atoms with Gasteiger partial charge in [-0.1, -0.05) is 0 Å². The summed E-state index contributed by atoms with van der Waals surface area (Å²) in [5.41, 5.74) is 0.906. The highest BCUT2D eigenvalue weighted by molar-refractivity contribution is 8.02. The average molecular weight is 273 g/mol. The molecule has 1 rings (SSSR count). The molecule has 1 fully saturated rings. The van der Waals surface area contributed by atoms with Gasteiger partial charge in [0.15, 0.2) is 0 Å². The van der Waals surface area contributed by atoms with Crippen molar-refractivity contribution < 1.29 is 9.92 Å². The molecule has 0 spiro atoms. The fraction of sp³-hybridized carbons (Fsp3) is 0.727. The second-order valence-electron chi connectivity index (χ2n) is 4.00. The van der Waals surface area contributed by atoms with E-state index in [2.05, 4.69) is 15.1 Å². The van der Waals surface area contributed by atoms with E-state index in [-0.39, 0.29) is 6.61 Å². The molecule has 0 aromatic rings. The molecular formula is C11H19N3O3S. The molecule has 6 nitrogen and oxygen atoms in total. The van der Waals surface area contributed by atoms with Crippen LogP contribution < -0.4 is 5.32 Å². The summed E-state index contributed by atoms with van der Waals surface area (Å²) in [5.74, 6) is 0. The van der Waals surface area contributed by atoms with Gasteiger partial charge in [0.2, 0.25) is 0 Å². The third kappa shape index (κ3) is 5.50. The first-order valence-corrected chi connectivity index (χ1v) is 7.14. The second-order valence-corrected chi connectivity index (χ2v) is 4.90. The second kappa shape index (κ2) is 8.10. The van der Waals surface area contributed by atoms with E-state index >= 15 is 0 Å². The van der Waals surface area contributed by atoms with E-state index in [9.17, 15) is 10.1 Å². The predicted molar refractivity (Wildman–Crippen MR) is 73.3 cm³/mol. The first-order valence-electron chi connectivity index (χ1n) is 5.92. The zero-order valence-corrected chi connectivity index (χ0v) is 11.5. The van der Waals surface area contributed by atoms with Crippen LogP contribution in [0.15, 0.2) is 15.6 Å². The lowest BCUT2D eigenvalue weighted by Gasteiger charge is -2.07. The van der Waals surface area contributed by atoms with Crippen LogP contribution in [-0.2, 0) is 4.84 Å². The minimum atomic E-state index is -0.765. The Hall–Kier alpha value is -1.08. The van der Waals surface area contributed by atoms with Crippen molar-refractivity contribution in [2.75, 3.05) is 19.4 Å². The Morgan fingerprint density at radius 1 is 1.72 bits per heavy atom. The summed E-state index contributed by atoms with van der Waals surface area (Å²) in [7, 11) is 0. The lowest BCUT2D eigenvalue weighted by Crippen LogP contribution is -2.22. The van der Waals surface area contributed by atoms with E-state index in [1.165, 1.54) is 6.42 Å².